The fraction of sp³-hybridized carbons (Fsp3) is 0.692. The van der Waals surface area contributed by atoms with Gasteiger partial charge in [-0.1, -0.05) is 0 Å². The number of furan rings is 1. The van der Waals surface area contributed by atoms with Crippen LogP contribution in [0.4, 0.5) is 0 Å². The van der Waals surface area contributed by atoms with E-state index in [0.717, 1.165) is 18.5 Å². The Morgan fingerprint density at radius 3 is 3.06 bits per heavy atom. The molecule has 0 amide bonds. The van der Waals surface area contributed by atoms with Crippen LogP contribution in [0.3, 0.4) is 0 Å². The molecule has 0 bridgehead atoms. The molecule has 16 heavy (non-hydrogen) atoms. The van der Waals surface area contributed by atoms with E-state index in [-0.39, 0.29) is 0 Å². The summed E-state index contributed by atoms with van der Waals surface area (Å²) >= 11 is 0. The molecule has 1 unspecified atom stereocenters. The fourth-order valence-corrected chi connectivity index (χ4v) is 2.48. The molecule has 1 atom stereocenters. The van der Waals surface area contributed by atoms with Crippen molar-refractivity contribution in [1.29, 1.82) is 0 Å². The lowest BCUT2D eigenvalue weighted by atomic mass is 10.1. The third-order valence-electron chi connectivity index (χ3n) is 3.63. The van der Waals surface area contributed by atoms with Crippen molar-refractivity contribution in [3.8, 4) is 0 Å². The zero-order chi connectivity index (χ0) is 10.8. The van der Waals surface area contributed by atoms with Gasteiger partial charge in [0.2, 0.25) is 0 Å². The summed E-state index contributed by atoms with van der Waals surface area (Å²) in [5.41, 5.74) is 1.30. The van der Waals surface area contributed by atoms with Gasteiger partial charge in [0.25, 0.3) is 0 Å². The van der Waals surface area contributed by atoms with Gasteiger partial charge < -0.3 is 9.73 Å². The maximum Gasteiger partial charge on any atom is 0.0947 e. The predicted octanol–water partition coefficient (Wildman–Crippen LogP) is 1.85. The minimum atomic E-state index is 0.850. The number of hydrogen-bond donors (Lipinski definition) is 1. The van der Waals surface area contributed by atoms with Crippen LogP contribution in [0.1, 0.15) is 24.8 Å². The summed E-state index contributed by atoms with van der Waals surface area (Å²) in [6.45, 7) is 4.75. The summed E-state index contributed by atoms with van der Waals surface area (Å²) in [6.07, 6.45) is 7.75. The Balaban J connectivity index is 1.41. The summed E-state index contributed by atoms with van der Waals surface area (Å²) in [6, 6.07) is 2.92. The Bertz CT molecular complexity index is 319. The first-order valence-corrected chi connectivity index (χ1v) is 6.37. The summed E-state index contributed by atoms with van der Waals surface area (Å²) < 4.78 is 5.10. The summed E-state index contributed by atoms with van der Waals surface area (Å²) in [4.78, 5) is 2.53. The van der Waals surface area contributed by atoms with E-state index >= 15 is 0 Å². The summed E-state index contributed by atoms with van der Waals surface area (Å²) in [7, 11) is 0. The van der Waals surface area contributed by atoms with Gasteiger partial charge in [-0.2, -0.15) is 0 Å². The second kappa shape index (κ2) is 4.60. The number of nitrogens with one attached hydrogen (secondary N) is 1. The summed E-state index contributed by atoms with van der Waals surface area (Å²) in [5, 5.41) is 3.63. The van der Waals surface area contributed by atoms with Crippen LogP contribution in [0.25, 0.3) is 0 Å². The molecule has 1 aromatic heterocycles. The highest BCUT2D eigenvalue weighted by atomic mass is 16.3. The first-order chi connectivity index (χ1) is 7.90. The third kappa shape index (κ3) is 2.66. The Kier molecular flexibility index (Phi) is 2.98. The van der Waals surface area contributed by atoms with E-state index < -0.39 is 0 Å². The molecule has 1 aliphatic heterocycles. The molecule has 0 aromatic carbocycles. The van der Waals surface area contributed by atoms with Crippen LogP contribution in [-0.2, 0) is 6.54 Å². The van der Waals surface area contributed by atoms with Gasteiger partial charge in [0, 0.05) is 24.7 Å². The second-order valence-electron chi connectivity index (χ2n) is 5.20. The zero-order valence-corrected chi connectivity index (χ0v) is 9.69. The average molecular weight is 220 g/mol. The molecule has 88 valence electrons. The smallest absolute Gasteiger partial charge is 0.0947 e. The average Bonchev–Trinajstić information content (AvgIpc) is 2.78. The molecule has 1 saturated heterocycles. The maximum absolute atomic E-state index is 5.10. The van der Waals surface area contributed by atoms with Gasteiger partial charge >= 0.3 is 0 Å². The van der Waals surface area contributed by atoms with Crippen LogP contribution in [0, 0.1) is 5.92 Å². The lowest BCUT2D eigenvalue weighted by Crippen LogP contribution is -2.27. The van der Waals surface area contributed by atoms with Crippen LogP contribution in [0.5, 0.6) is 0 Å². The monoisotopic (exact) mass is 220 g/mol. The minimum absolute atomic E-state index is 0.850. The zero-order valence-electron chi connectivity index (χ0n) is 9.69. The van der Waals surface area contributed by atoms with Gasteiger partial charge in [0.05, 0.1) is 12.5 Å². The first kappa shape index (κ1) is 10.4. The standard InChI is InChI=1S/C13H20N2O/c1-2-13(1)14-7-11-3-5-15(8-11)9-12-4-6-16-10-12/h4,6,10-11,13-14H,1-3,5,7-9H2. The van der Waals surface area contributed by atoms with Crippen molar-refractivity contribution < 1.29 is 4.42 Å². The van der Waals surface area contributed by atoms with E-state index in [0.29, 0.717) is 0 Å². The Labute approximate surface area is 96.8 Å². The molecule has 1 saturated carbocycles. The Morgan fingerprint density at radius 1 is 1.38 bits per heavy atom. The number of nitrogens with zero attached hydrogens (tertiary/aromatic N) is 1. The lowest BCUT2D eigenvalue weighted by molar-refractivity contribution is 0.313. The molecule has 0 spiro atoms. The third-order valence-corrected chi connectivity index (χ3v) is 3.63. The first-order valence-electron chi connectivity index (χ1n) is 6.37. The van der Waals surface area contributed by atoms with Gasteiger partial charge in [-0.15, -0.1) is 0 Å². The highest BCUT2D eigenvalue weighted by molar-refractivity contribution is 5.05. The highest BCUT2D eigenvalue weighted by Crippen LogP contribution is 2.22. The Morgan fingerprint density at radius 2 is 2.31 bits per heavy atom. The largest absolute Gasteiger partial charge is 0.472 e. The van der Waals surface area contributed by atoms with Gasteiger partial charge in [-0.25, -0.2) is 0 Å². The molecule has 2 fully saturated rings. The van der Waals surface area contributed by atoms with E-state index in [4.69, 9.17) is 4.42 Å². The Hall–Kier alpha value is -0.800. The highest BCUT2D eigenvalue weighted by Gasteiger charge is 2.26. The molecule has 3 nitrogen and oxygen atoms in total. The quantitative estimate of drug-likeness (QED) is 0.821. The van der Waals surface area contributed by atoms with Gasteiger partial charge in [-0.05, 0) is 44.3 Å². The van der Waals surface area contributed by atoms with Gasteiger partial charge in [0.1, 0.15) is 0 Å². The van der Waals surface area contributed by atoms with Crippen molar-refractivity contribution in [2.75, 3.05) is 19.6 Å². The van der Waals surface area contributed by atoms with Crippen LogP contribution < -0.4 is 5.32 Å². The molecule has 1 N–H and O–H groups in total. The molecule has 2 aliphatic rings. The van der Waals surface area contributed by atoms with Crippen molar-refractivity contribution in [1.82, 2.24) is 10.2 Å². The van der Waals surface area contributed by atoms with Crippen LogP contribution in [0.2, 0.25) is 0 Å². The van der Waals surface area contributed by atoms with E-state index in [1.807, 2.05) is 6.26 Å². The second-order valence-corrected chi connectivity index (χ2v) is 5.20. The lowest BCUT2D eigenvalue weighted by Gasteiger charge is -2.15. The van der Waals surface area contributed by atoms with Crippen molar-refractivity contribution in [2.24, 2.45) is 5.92 Å². The molecule has 3 heteroatoms. The van der Waals surface area contributed by atoms with Gasteiger partial charge in [-0.3, -0.25) is 4.90 Å². The van der Waals surface area contributed by atoms with Crippen molar-refractivity contribution in [3.05, 3.63) is 24.2 Å². The predicted molar refractivity (Wildman–Crippen MR) is 63.1 cm³/mol. The van der Waals surface area contributed by atoms with E-state index in [2.05, 4.69) is 16.3 Å². The molecule has 1 aliphatic carbocycles. The molecule has 1 aromatic rings. The molecule has 2 heterocycles. The maximum atomic E-state index is 5.10. The van der Waals surface area contributed by atoms with E-state index in [1.54, 1.807) is 6.26 Å². The molecular weight excluding hydrogens is 200 g/mol. The topological polar surface area (TPSA) is 28.4 Å². The molecule has 0 radical (unpaired) electrons. The fourth-order valence-electron chi connectivity index (χ4n) is 2.48. The number of hydrogen-bond acceptors (Lipinski definition) is 3. The van der Waals surface area contributed by atoms with Crippen molar-refractivity contribution in [3.63, 3.8) is 0 Å². The normalized spacial score (nSPS) is 26.4. The number of rotatable bonds is 5. The molecule has 3 rings (SSSR count). The summed E-state index contributed by atoms with van der Waals surface area (Å²) in [5.74, 6) is 0.854. The SMILES string of the molecule is c1cc(CN2CCC(CNC3CC3)C2)co1. The van der Waals surface area contributed by atoms with Gasteiger partial charge in [0.15, 0.2) is 0 Å². The minimum Gasteiger partial charge on any atom is -0.472 e. The van der Waals surface area contributed by atoms with Crippen LogP contribution in [-0.4, -0.2) is 30.6 Å². The van der Waals surface area contributed by atoms with Crippen LogP contribution in [0.15, 0.2) is 23.0 Å². The van der Waals surface area contributed by atoms with E-state index in [9.17, 15) is 0 Å². The molecular formula is C13H20N2O. The van der Waals surface area contributed by atoms with E-state index in [1.165, 1.54) is 44.5 Å². The number of likely N-dealkylation sites (tertiary alicyclic amines) is 1. The van der Waals surface area contributed by atoms with Crippen LogP contribution >= 0.6 is 0 Å². The van der Waals surface area contributed by atoms with Crippen molar-refractivity contribution in [2.45, 2.75) is 31.8 Å². The van der Waals surface area contributed by atoms with Crippen molar-refractivity contribution >= 4 is 0 Å².